The van der Waals surface area contributed by atoms with Crippen LogP contribution >= 0.6 is 0 Å². The van der Waals surface area contributed by atoms with Crippen LogP contribution in [0.4, 0.5) is 4.39 Å². The van der Waals surface area contributed by atoms with Crippen molar-refractivity contribution in [1.82, 2.24) is 0 Å². The number of hydrogen-bond acceptors (Lipinski definition) is 0. The van der Waals surface area contributed by atoms with E-state index in [0.29, 0.717) is 0 Å². The molecule has 258 valence electrons. The third kappa shape index (κ3) is 4.73. The summed E-state index contributed by atoms with van der Waals surface area (Å²) in [5, 5.41) is 5.07. The number of rotatable bonds is 9. The summed E-state index contributed by atoms with van der Waals surface area (Å²) in [4.78, 5) is 0. The number of aryl methyl sites for hydroxylation is 2. The summed E-state index contributed by atoms with van der Waals surface area (Å²) in [6.45, 7) is 13.8. The number of aromatic nitrogens is 2. The molecule has 0 amide bonds. The molecule has 2 aliphatic rings. The van der Waals surface area contributed by atoms with Crippen LogP contribution in [0.15, 0.2) is 109 Å². The maximum atomic E-state index is 16.4. The van der Waals surface area contributed by atoms with Crippen LogP contribution in [0.2, 0.25) is 0 Å². The first-order valence-electron chi connectivity index (χ1n) is 19.1. The number of allylic oxidation sites excluding steroid dienone is 2. The first kappa shape index (κ1) is 33.5. The van der Waals surface area contributed by atoms with Crippen molar-refractivity contribution in [3.63, 3.8) is 0 Å². The lowest BCUT2D eigenvalue weighted by molar-refractivity contribution is -0.755. The number of hydrogen-bond donors (Lipinski definition) is 0. The fourth-order valence-corrected chi connectivity index (χ4v) is 10.00. The van der Waals surface area contributed by atoms with Crippen LogP contribution in [0.3, 0.4) is 0 Å². The highest BCUT2D eigenvalue weighted by molar-refractivity contribution is 6.02. The Morgan fingerprint density at radius 2 is 1.53 bits per heavy atom. The molecule has 1 aliphatic carbocycles. The molecule has 51 heavy (non-hydrogen) atoms. The largest absolute Gasteiger partial charge is 0.222 e. The Balaban J connectivity index is 1.34. The summed E-state index contributed by atoms with van der Waals surface area (Å²) >= 11 is 0. The second-order valence-electron chi connectivity index (χ2n) is 15.8. The van der Waals surface area contributed by atoms with Crippen molar-refractivity contribution in [2.45, 2.75) is 96.4 Å². The van der Waals surface area contributed by atoms with Crippen molar-refractivity contribution in [2.75, 3.05) is 0 Å². The van der Waals surface area contributed by atoms with Crippen LogP contribution < -0.4 is 9.13 Å². The van der Waals surface area contributed by atoms with Gasteiger partial charge in [-0.2, -0.15) is 4.57 Å². The SMILES string of the molecule is CCCCc1cc2c3c4[n+](ccc3c1)C(C=CCc1ccccc1-c1c3ccccc3cc[n+]1C)(CC)C(C)(CC)c1ccc(F)c(c1-4)C2(C)C. The highest BCUT2D eigenvalue weighted by atomic mass is 19.1. The van der Waals surface area contributed by atoms with Crippen LogP contribution in [-0.2, 0) is 36.3 Å². The van der Waals surface area contributed by atoms with Gasteiger partial charge in [0.1, 0.15) is 12.9 Å². The van der Waals surface area contributed by atoms with E-state index in [1.54, 1.807) is 6.07 Å². The van der Waals surface area contributed by atoms with Gasteiger partial charge in [0.2, 0.25) is 11.4 Å². The minimum Gasteiger partial charge on any atom is -0.207 e. The summed E-state index contributed by atoms with van der Waals surface area (Å²) in [6.07, 6.45) is 15.4. The molecule has 4 aromatic carbocycles. The summed E-state index contributed by atoms with van der Waals surface area (Å²) in [6, 6.07) is 30.8. The third-order valence-corrected chi connectivity index (χ3v) is 12.9. The molecule has 2 atom stereocenters. The molecule has 0 radical (unpaired) electrons. The molecule has 8 rings (SSSR count). The van der Waals surface area contributed by atoms with E-state index in [-0.39, 0.29) is 16.8 Å². The molecule has 0 spiro atoms. The number of fused-ring (bicyclic) bond motifs is 1. The number of pyridine rings is 2. The van der Waals surface area contributed by atoms with E-state index < -0.39 is 5.41 Å². The van der Waals surface area contributed by atoms with Gasteiger partial charge in [0.15, 0.2) is 17.9 Å². The summed E-state index contributed by atoms with van der Waals surface area (Å²) in [5.41, 5.74) is 9.77. The van der Waals surface area contributed by atoms with Gasteiger partial charge in [-0.25, -0.2) is 8.96 Å². The van der Waals surface area contributed by atoms with E-state index >= 15 is 4.39 Å². The zero-order valence-corrected chi connectivity index (χ0v) is 31.4. The van der Waals surface area contributed by atoms with Crippen LogP contribution in [0, 0.1) is 5.82 Å². The van der Waals surface area contributed by atoms with E-state index in [0.717, 1.165) is 49.7 Å². The van der Waals surface area contributed by atoms with Crippen molar-refractivity contribution in [1.29, 1.82) is 0 Å². The monoisotopic (exact) mass is 674 g/mol. The van der Waals surface area contributed by atoms with E-state index in [9.17, 15) is 0 Å². The van der Waals surface area contributed by atoms with Gasteiger partial charge >= 0.3 is 0 Å². The van der Waals surface area contributed by atoms with Crippen molar-refractivity contribution >= 4 is 21.5 Å². The van der Waals surface area contributed by atoms with E-state index in [2.05, 4.69) is 161 Å². The highest BCUT2D eigenvalue weighted by Gasteiger charge is 2.60. The topological polar surface area (TPSA) is 7.76 Å². The Morgan fingerprint density at radius 1 is 0.765 bits per heavy atom. The Kier molecular flexibility index (Phi) is 8.05. The van der Waals surface area contributed by atoms with E-state index in [1.807, 2.05) is 0 Å². The lowest BCUT2D eigenvalue weighted by Gasteiger charge is -2.49. The summed E-state index contributed by atoms with van der Waals surface area (Å²) < 4.78 is 21.2. The van der Waals surface area contributed by atoms with Crippen LogP contribution in [0.1, 0.15) is 95.0 Å². The Morgan fingerprint density at radius 3 is 2.31 bits per heavy atom. The average Bonchev–Trinajstić information content (AvgIpc) is 3.14. The molecule has 2 aromatic heterocycles. The van der Waals surface area contributed by atoms with Crippen molar-refractivity contribution in [2.24, 2.45) is 7.05 Å². The predicted octanol–water partition coefficient (Wildman–Crippen LogP) is 11.1. The first-order chi connectivity index (χ1) is 24.6. The molecule has 0 bridgehead atoms. The minimum absolute atomic E-state index is 0.0943. The van der Waals surface area contributed by atoms with Gasteiger partial charge in [-0.05, 0) is 89.9 Å². The van der Waals surface area contributed by atoms with Crippen molar-refractivity contribution < 1.29 is 13.5 Å². The number of unbranched alkanes of at least 4 members (excludes halogenated alkanes) is 1. The quantitative estimate of drug-likeness (QED) is 0.107. The van der Waals surface area contributed by atoms with Gasteiger partial charge in [0.25, 0.3) is 0 Å². The Labute approximate surface area is 303 Å². The minimum atomic E-state index is -0.458. The lowest BCUT2D eigenvalue weighted by Crippen LogP contribution is -2.68. The number of nitrogens with zero attached hydrogens (tertiary/aromatic N) is 2. The molecule has 1 aliphatic heterocycles. The maximum absolute atomic E-state index is 16.4. The molecular formula is C48H51FN2+2. The smallest absolute Gasteiger partial charge is 0.207 e. The van der Waals surface area contributed by atoms with Crippen molar-refractivity contribution in [3.05, 3.63) is 143 Å². The molecule has 0 fully saturated rings. The van der Waals surface area contributed by atoms with Gasteiger partial charge in [0, 0.05) is 29.5 Å². The third-order valence-electron chi connectivity index (χ3n) is 12.9. The van der Waals surface area contributed by atoms with E-state index in [1.165, 1.54) is 60.8 Å². The first-order valence-corrected chi connectivity index (χ1v) is 19.1. The molecular weight excluding hydrogens is 624 g/mol. The number of benzene rings is 4. The zero-order valence-electron chi connectivity index (χ0n) is 31.4. The second-order valence-corrected chi connectivity index (χ2v) is 15.8. The molecule has 0 saturated carbocycles. The zero-order chi connectivity index (χ0) is 35.7. The summed E-state index contributed by atoms with van der Waals surface area (Å²) in [5.74, 6) is -0.0943. The normalized spacial score (nSPS) is 20.1. The Hall–Kier alpha value is -4.63. The van der Waals surface area contributed by atoms with Crippen LogP contribution in [-0.4, -0.2) is 0 Å². The molecule has 0 saturated heterocycles. The van der Waals surface area contributed by atoms with Crippen LogP contribution in [0.5, 0.6) is 0 Å². The molecule has 2 nitrogen and oxygen atoms in total. The lowest BCUT2D eigenvalue weighted by atomic mass is 9.56. The number of halogens is 1. The second kappa shape index (κ2) is 12.3. The fourth-order valence-electron chi connectivity index (χ4n) is 10.00. The molecule has 3 heteroatoms. The van der Waals surface area contributed by atoms with Gasteiger partial charge in [0.05, 0.1) is 27.3 Å². The highest BCUT2D eigenvalue weighted by Crippen LogP contribution is 2.58. The van der Waals surface area contributed by atoms with Gasteiger partial charge in [-0.1, -0.05) is 102 Å². The maximum Gasteiger partial charge on any atom is 0.222 e. The molecule has 3 heterocycles. The van der Waals surface area contributed by atoms with Crippen LogP contribution in [0.25, 0.3) is 44.1 Å². The summed E-state index contributed by atoms with van der Waals surface area (Å²) in [7, 11) is 2.15. The average molecular weight is 675 g/mol. The van der Waals surface area contributed by atoms with Crippen molar-refractivity contribution in [3.8, 4) is 22.5 Å². The molecule has 6 aromatic rings. The fraction of sp³-hybridized carbons (Fsp3) is 0.333. The molecule has 2 unspecified atom stereocenters. The molecule has 0 N–H and O–H groups in total. The van der Waals surface area contributed by atoms with Gasteiger partial charge in [-0.3, -0.25) is 0 Å². The Bertz CT molecular complexity index is 2380. The predicted molar refractivity (Wildman–Crippen MR) is 210 cm³/mol. The van der Waals surface area contributed by atoms with Gasteiger partial charge in [-0.15, -0.1) is 0 Å². The van der Waals surface area contributed by atoms with Gasteiger partial charge < -0.3 is 0 Å². The van der Waals surface area contributed by atoms with E-state index in [4.69, 9.17) is 0 Å². The standard InChI is InChI=1S/C48H51FN2/c1-8-11-17-32-30-35-26-29-51-45-41(35)39(31-32)46(4,5)43-40(49)24-23-38(42(43)45)47(6,9-2)48(51,10-3)27-16-20-33-18-12-14-21-36(33)44-37-22-15-13-19-34(37)25-28-50(44)7/h12-16,18-19,21-31H,8-11,17,20H2,1-7H3/q+2.